The van der Waals surface area contributed by atoms with E-state index in [1.54, 1.807) is 19.1 Å². The fourth-order valence-electron chi connectivity index (χ4n) is 2.88. The molecule has 1 amide bonds. The van der Waals surface area contributed by atoms with Crippen molar-refractivity contribution in [3.63, 3.8) is 0 Å². The normalized spacial score (nSPS) is 15.8. The van der Waals surface area contributed by atoms with Crippen LogP contribution in [0.1, 0.15) is 30.9 Å². The summed E-state index contributed by atoms with van der Waals surface area (Å²) in [6.45, 7) is 2.92. The molecule has 134 valence electrons. The summed E-state index contributed by atoms with van der Waals surface area (Å²) >= 11 is 0. The predicted molar refractivity (Wildman–Crippen MR) is 99.8 cm³/mol. The van der Waals surface area contributed by atoms with Crippen molar-refractivity contribution in [3.05, 3.63) is 71.5 Å². The van der Waals surface area contributed by atoms with E-state index in [4.69, 9.17) is 5.73 Å². The second-order valence-electron chi connectivity index (χ2n) is 6.82. The molecule has 1 unspecified atom stereocenters. The largest absolute Gasteiger partial charge is 0.336 e. The van der Waals surface area contributed by atoms with Gasteiger partial charge in [0.15, 0.2) is 0 Å². The summed E-state index contributed by atoms with van der Waals surface area (Å²) in [5, 5.41) is 0. The Bertz CT molecular complexity index is 699. The number of halogens is 2. The standard InChI is InChI=1S/C20H23FN2O.ClH/c1-20(22,17-5-3-2-4-6-17)19(24)23(13-15-7-8-15)14-16-9-11-18(21)12-10-16;/h2-6,9-12,15H,7-8,13-14,22H2,1H3;1H. The molecule has 5 heteroatoms. The van der Waals surface area contributed by atoms with E-state index in [2.05, 4.69) is 0 Å². The van der Waals surface area contributed by atoms with Gasteiger partial charge in [0.2, 0.25) is 5.91 Å². The minimum Gasteiger partial charge on any atom is -0.336 e. The molecule has 0 aliphatic heterocycles. The Morgan fingerprint density at radius 3 is 2.32 bits per heavy atom. The molecule has 0 heterocycles. The van der Waals surface area contributed by atoms with Crippen LogP contribution < -0.4 is 5.73 Å². The third kappa shape index (κ3) is 4.80. The minimum atomic E-state index is -1.07. The Morgan fingerprint density at radius 2 is 1.76 bits per heavy atom. The highest BCUT2D eigenvalue weighted by atomic mass is 35.5. The van der Waals surface area contributed by atoms with Crippen molar-refractivity contribution in [2.24, 2.45) is 11.7 Å². The average molecular weight is 363 g/mol. The lowest BCUT2D eigenvalue weighted by atomic mass is 9.91. The molecule has 0 radical (unpaired) electrons. The number of nitrogens with zero attached hydrogens (tertiary/aromatic N) is 1. The van der Waals surface area contributed by atoms with Crippen molar-refractivity contribution in [1.82, 2.24) is 4.90 Å². The number of nitrogens with two attached hydrogens (primary N) is 1. The molecule has 0 bridgehead atoms. The van der Waals surface area contributed by atoms with E-state index in [-0.39, 0.29) is 24.1 Å². The van der Waals surface area contributed by atoms with Gasteiger partial charge < -0.3 is 10.6 Å². The van der Waals surface area contributed by atoms with Crippen LogP contribution in [-0.2, 0) is 16.9 Å². The van der Waals surface area contributed by atoms with Gasteiger partial charge in [-0.05, 0) is 48.9 Å². The van der Waals surface area contributed by atoms with Crippen molar-refractivity contribution >= 4 is 18.3 Å². The predicted octanol–water partition coefficient (Wildman–Crippen LogP) is 3.86. The maximum absolute atomic E-state index is 13.1. The number of hydrogen-bond donors (Lipinski definition) is 1. The van der Waals surface area contributed by atoms with Gasteiger partial charge >= 0.3 is 0 Å². The fraction of sp³-hybridized carbons (Fsp3) is 0.350. The van der Waals surface area contributed by atoms with Gasteiger partial charge in [0.05, 0.1) is 0 Å². The van der Waals surface area contributed by atoms with Gasteiger partial charge in [-0.1, -0.05) is 42.5 Å². The number of hydrogen-bond acceptors (Lipinski definition) is 2. The molecule has 2 aromatic carbocycles. The molecular formula is C20H24ClFN2O. The van der Waals surface area contributed by atoms with E-state index in [0.717, 1.165) is 24.0 Å². The lowest BCUT2D eigenvalue weighted by Gasteiger charge is -2.32. The average Bonchev–Trinajstić information content (AvgIpc) is 3.40. The Hall–Kier alpha value is -1.91. The molecule has 25 heavy (non-hydrogen) atoms. The third-order valence-electron chi connectivity index (χ3n) is 4.57. The van der Waals surface area contributed by atoms with E-state index in [0.29, 0.717) is 19.0 Å². The van der Waals surface area contributed by atoms with Crippen molar-refractivity contribution in [1.29, 1.82) is 0 Å². The molecule has 1 atom stereocenters. The zero-order valence-electron chi connectivity index (χ0n) is 14.3. The second-order valence-corrected chi connectivity index (χ2v) is 6.82. The first-order valence-corrected chi connectivity index (χ1v) is 8.35. The number of carbonyl (C=O) groups excluding carboxylic acids is 1. The summed E-state index contributed by atoms with van der Waals surface area (Å²) in [6, 6.07) is 15.7. The second kappa shape index (κ2) is 7.98. The van der Waals surface area contributed by atoms with Crippen molar-refractivity contribution in [2.75, 3.05) is 6.54 Å². The van der Waals surface area contributed by atoms with Crippen LogP contribution in [0.4, 0.5) is 4.39 Å². The molecule has 3 rings (SSSR count). The number of rotatable bonds is 6. The maximum Gasteiger partial charge on any atom is 0.247 e. The summed E-state index contributed by atoms with van der Waals surface area (Å²) in [4.78, 5) is 14.9. The highest BCUT2D eigenvalue weighted by Crippen LogP contribution is 2.32. The molecule has 1 saturated carbocycles. The monoisotopic (exact) mass is 362 g/mol. The molecular weight excluding hydrogens is 339 g/mol. The van der Waals surface area contributed by atoms with E-state index in [1.165, 1.54) is 12.1 Å². The van der Waals surface area contributed by atoms with Gasteiger partial charge in [-0.15, -0.1) is 12.4 Å². The van der Waals surface area contributed by atoms with E-state index >= 15 is 0 Å². The van der Waals surface area contributed by atoms with Crippen molar-refractivity contribution in [3.8, 4) is 0 Å². The van der Waals surface area contributed by atoms with Gasteiger partial charge in [-0.25, -0.2) is 4.39 Å². The molecule has 3 nitrogen and oxygen atoms in total. The molecule has 1 aliphatic carbocycles. The molecule has 2 N–H and O–H groups in total. The third-order valence-corrected chi connectivity index (χ3v) is 4.57. The summed E-state index contributed by atoms with van der Waals surface area (Å²) < 4.78 is 13.1. The van der Waals surface area contributed by atoms with Crippen LogP contribution in [0.15, 0.2) is 54.6 Å². The minimum absolute atomic E-state index is 0. The Kier molecular flexibility index (Phi) is 6.20. The summed E-state index contributed by atoms with van der Waals surface area (Å²) in [6.07, 6.45) is 2.31. The van der Waals surface area contributed by atoms with Crippen LogP contribution in [0, 0.1) is 11.7 Å². The first-order valence-electron chi connectivity index (χ1n) is 8.35. The van der Waals surface area contributed by atoms with Crippen LogP contribution in [0.25, 0.3) is 0 Å². The fourth-order valence-corrected chi connectivity index (χ4v) is 2.88. The van der Waals surface area contributed by atoms with Gasteiger partial charge in [-0.3, -0.25) is 4.79 Å². The van der Waals surface area contributed by atoms with Gasteiger partial charge in [-0.2, -0.15) is 0 Å². The quantitative estimate of drug-likeness (QED) is 0.848. The highest BCUT2D eigenvalue weighted by Gasteiger charge is 2.36. The van der Waals surface area contributed by atoms with Gasteiger partial charge in [0, 0.05) is 13.1 Å². The number of carbonyl (C=O) groups is 1. The molecule has 0 spiro atoms. The van der Waals surface area contributed by atoms with Crippen molar-refractivity contribution < 1.29 is 9.18 Å². The topological polar surface area (TPSA) is 46.3 Å². The van der Waals surface area contributed by atoms with Gasteiger partial charge in [0.1, 0.15) is 11.4 Å². The summed E-state index contributed by atoms with van der Waals surface area (Å²) in [5.41, 5.74) is 7.04. The highest BCUT2D eigenvalue weighted by molar-refractivity contribution is 5.87. The summed E-state index contributed by atoms with van der Waals surface area (Å²) in [7, 11) is 0. The van der Waals surface area contributed by atoms with E-state index in [1.807, 2.05) is 35.2 Å². The first kappa shape index (κ1) is 19.4. The summed E-state index contributed by atoms with van der Waals surface area (Å²) in [5.74, 6) is 0.192. The zero-order valence-corrected chi connectivity index (χ0v) is 15.1. The molecule has 0 aromatic heterocycles. The molecule has 1 aliphatic rings. The number of benzene rings is 2. The molecule has 2 aromatic rings. The van der Waals surface area contributed by atoms with Crippen LogP contribution in [0.3, 0.4) is 0 Å². The van der Waals surface area contributed by atoms with Gasteiger partial charge in [0.25, 0.3) is 0 Å². The lowest BCUT2D eigenvalue weighted by Crippen LogP contribution is -2.51. The smallest absolute Gasteiger partial charge is 0.247 e. The molecule has 0 saturated heterocycles. The maximum atomic E-state index is 13.1. The zero-order chi connectivity index (χ0) is 17.2. The molecule has 1 fully saturated rings. The number of amides is 1. The SMILES string of the molecule is CC(N)(C(=O)N(Cc1ccc(F)cc1)CC1CC1)c1ccccc1.Cl. The Labute approximate surface area is 154 Å². The van der Waals surface area contributed by atoms with Crippen LogP contribution in [-0.4, -0.2) is 17.4 Å². The van der Waals surface area contributed by atoms with Crippen LogP contribution >= 0.6 is 12.4 Å². The van der Waals surface area contributed by atoms with Crippen LogP contribution in [0.2, 0.25) is 0 Å². The van der Waals surface area contributed by atoms with E-state index in [9.17, 15) is 9.18 Å². The van der Waals surface area contributed by atoms with Crippen molar-refractivity contribution in [2.45, 2.75) is 31.8 Å². The van der Waals surface area contributed by atoms with Crippen LogP contribution in [0.5, 0.6) is 0 Å². The Balaban J connectivity index is 0.00000225. The lowest BCUT2D eigenvalue weighted by molar-refractivity contribution is -0.137. The van der Waals surface area contributed by atoms with E-state index < -0.39 is 5.54 Å². The Morgan fingerprint density at radius 1 is 1.16 bits per heavy atom. The first-order chi connectivity index (χ1) is 11.5.